The first kappa shape index (κ1) is 15.3. The van der Waals surface area contributed by atoms with Gasteiger partial charge in [-0.25, -0.2) is 9.59 Å². The van der Waals surface area contributed by atoms with Gasteiger partial charge in [0, 0.05) is 13.1 Å². The maximum absolute atomic E-state index is 11.8. The van der Waals surface area contributed by atoms with E-state index >= 15 is 0 Å². The van der Waals surface area contributed by atoms with E-state index in [0.717, 1.165) is 31.5 Å². The second-order valence-corrected chi connectivity index (χ2v) is 4.97. The van der Waals surface area contributed by atoms with E-state index in [-0.39, 0.29) is 6.61 Å². The number of carbonyl (C=O) groups is 2. The van der Waals surface area contributed by atoms with Crippen LogP contribution in [0.5, 0.6) is 0 Å². The van der Waals surface area contributed by atoms with Crippen molar-refractivity contribution in [3.8, 4) is 0 Å². The molecule has 1 amide bonds. The van der Waals surface area contributed by atoms with Crippen LogP contribution in [0.1, 0.15) is 25.3 Å². The summed E-state index contributed by atoms with van der Waals surface area (Å²) in [6.07, 6.45) is 1.41. The van der Waals surface area contributed by atoms with Gasteiger partial charge in [-0.05, 0) is 25.3 Å². The predicted octanol–water partition coefficient (Wildman–Crippen LogP) is 1.86. The minimum atomic E-state index is -0.742. The summed E-state index contributed by atoms with van der Waals surface area (Å²) in [5, 5.41) is 4.08. The van der Waals surface area contributed by atoms with E-state index in [1.54, 1.807) is 12.0 Å². The number of benzene rings is 1. The summed E-state index contributed by atoms with van der Waals surface area (Å²) >= 11 is 0. The Morgan fingerprint density at radius 3 is 2.57 bits per heavy atom. The standard InChI is InChI=1S/C15H20N2O4/c1-12(14(18)21-17-9-5-6-10-17)16-15(19)20-11-13-7-3-2-4-8-13/h2-4,7-8,12H,5-6,9-11H2,1H3,(H,16,19). The molecule has 0 saturated carbocycles. The number of hydrogen-bond acceptors (Lipinski definition) is 5. The van der Waals surface area contributed by atoms with Crippen molar-refractivity contribution in [1.82, 2.24) is 10.4 Å². The highest BCUT2D eigenvalue weighted by Gasteiger charge is 2.22. The Labute approximate surface area is 124 Å². The average Bonchev–Trinajstić information content (AvgIpc) is 2.99. The molecule has 6 nitrogen and oxygen atoms in total. The van der Waals surface area contributed by atoms with Gasteiger partial charge < -0.3 is 14.9 Å². The van der Waals surface area contributed by atoms with Gasteiger partial charge in [0.05, 0.1) is 0 Å². The fourth-order valence-corrected chi connectivity index (χ4v) is 1.99. The van der Waals surface area contributed by atoms with Crippen molar-refractivity contribution in [2.75, 3.05) is 13.1 Å². The number of ether oxygens (including phenoxy) is 1. The van der Waals surface area contributed by atoms with Crippen LogP contribution < -0.4 is 5.32 Å². The summed E-state index contributed by atoms with van der Waals surface area (Å²) in [7, 11) is 0. The molecule has 21 heavy (non-hydrogen) atoms. The lowest BCUT2D eigenvalue weighted by atomic mass is 10.2. The van der Waals surface area contributed by atoms with Crippen LogP contribution >= 0.6 is 0 Å². The Kier molecular flexibility index (Phi) is 5.57. The lowest BCUT2D eigenvalue weighted by Gasteiger charge is -2.18. The van der Waals surface area contributed by atoms with Crippen molar-refractivity contribution >= 4 is 12.1 Å². The summed E-state index contributed by atoms with van der Waals surface area (Å²) in [4.78, 5) is 28.5. The zero-order chi connectivity index (χ0) is 15.1. The van der Waals surface area contributed by atoms with Crippen molar-refractivity contribution in [1.29, 1.82) is 0 Å². The van der Waals surface area contributed by atoms with Crippen LogP contribution in [0, 0.1) is 0 Å². The third kappa shape index (κ3) is 5.07. The van der Waals surface area contributed by atoms with Crippen molar-refractivity contribution in [2.24, 2.45) is 0 Å². The molecule has 0 aromatic heterocycles. The largest absolute Gasteiger partial charge is 0.445 e. The van der Waals surface area contributed by atoms with E-state index in [1.165, 1.54) is 0 Å². The molecule has 1 heterocycles. The molecule has 6 heteroatoms. The van der Waals surface area contributed by atoms with Gasteiger partial charge in [0.1, 0.15) is 12.6 Å². The molecule has 1 aliphatic rings. The van der Waals surface area contributed by atoms with Gasteiger partial charge in [0.25, 0.3) is 0 Å². The van der Waals surface area contributed by atoms with Gasteiger partial charge in [-0.3, -0.25) is 0 Å². The molecule has 0 spiro atoms. The lowest BCUT2D eigenvalue weighted by Crippen LogP contribution is -2.42. The number of hydroxylamine groups is 2. The maximum Gasteiger partial charge on any atom is 0.408 e. The second kappa shape index (κ2) is 7.64. The van der Waals surface area contributed by atoms with Gasteiger partial charge in [-0.1, -0.05) is 30.3 Å². The maximum atomic E-state index is 11.8. The number of amides is 1. The Morgan fingerprint density at radius 2 is 1.90 bits per heavy atom. The Balaban J connectivity index is 1.69. The van der Waals surface area contributed by atoms with E-state index in [2.05, 4.69) is 5.32 Å². The Bertz CT molecular complexity index is 472. The highest BCUT2D eigenvalue weighted by molar-refractivity contribution is 5.80. The first-order valence-corrected chi connectivity index (χ1v) is 7.09. The normalized spacial score (nSPS) is 16.2. The lowest BCUT2D eigenvalue weighted by molar-refractivity contribution is -0.187. The summed E-state index contributed by atoms with van der Waals surface area (Å²) < 4.78 is 5.05. The minimum absolute atomic E-state index is 0.167. The van der Waals surface area contributed by atoms with Crippen LogP contribution in [0.25, 0.3) is 0 Å². The van der Waals surface area contributed by atoms with Gasteiger partial charge in [0.2, 0.25) is 0 Å². The quantitative estimate of drug-likeness (QED) is 0.897. The van der Waals surface area contributed by atoms with E-state index < -0.39 is 18.1 Å². The minimum Gasteiger partial charge on any atom is -0.445 e. The van der Waals surface area contributed by atoms with Crippen LogP contribution in [0.4, 0.5) is 4.79 Å². The zero-order valence-corrected chi connectivity index (χ0v) is 12.1. The van der Waals surface area contributed by atoms with Crippen molar-refractivity contribution < 1.29 is 19.2 Å². The first-order chi connectivity index (χ1) is 10.1. The van der Waals surface area contributed by atoms with Crippen LogP contribution in [0.3, 0.4) is 0 Å². The smallest absolute Gasteiger partial charge is 0.408 e. The van der Waals surface area contributed by atoms with Crippen molar-refractivity contribution in [2.45, 2.75) is 32.4 Å². The molecule has 0 aliphatic carbocycles. The molecule has 1 saturated heterocycles. The molecule has 1 atom stereocenters. The fraction of sp³-hybridized carbons (Fsp3) is 0.467. The average molecular weight is 292 g/mol. The summed E-state index contributed by atoms with van der Waals surface area (Å²) in [6, 6.07) is 8.60. The van der Waals surface area contributed by atoms with E-state index in [0.29, 0.717) is 0 Å². The van der Waals surface area contributed by atoms with E-state index in [4.69, 9.17) is 9.57 Å². The summed E-state index contributed by atoms with van der Waals surface area (Å²) in [6.45, 7) is 3.23. The predicted molar refractivity (Wildman–Crippen MR) is 76.1 cm³/mol. The molecule has 0 bridgehead atoms. The number of hydrogen-bond donors (Lipinski definition) is 1. The van der Waals surface area contributed by atoms with Gasteiger partial charge >= 0.3 is 12.1 Å². The third-order valence-electron chi connectivity index (χ3n) is 3.18. The van der Waals surface area contributed by atoms with Crippen molar-refractivity contribution in [3.63, 3.8) is 0 Å². The monoisotopic (exact) mass is 292 g/mol. The Hall–Kier alpha value is -2.08. The van der Waals surface area contributed by atoms with E-state index in [1.807, 2.05) is 30.3 Å². The fourth-order valence-electron chi connectivity index (χ4n) is 1.99. The molecule has 2 rings (SSSR count). The number of carbonyl (C=O) groups excluding carboxylic acids is 2. The number of nitrogens with one attached hydrogen (secondary N) is 1. The van der Waals surface area contributed by atoms with Crippen LogP contribution in [0.15, 0.2) is 30.3 Å². The molecule has 1 N–H and O–H groups in total. The van der Waals surface area contributed by atoms with Gasteiger partial charge in [-0.2, -0.15) is 0 Å². The molecule has 0 radical (unpaired) electrons. The zero-order valence-electron chi connectivity index (χ0n) is 12.1. The summed E-state index contributed by atoms with van der Waals surface area (Å²) in [5.41, 5.74) is 0.889. The molecule has 1 aromatic rings. The number of alkyl carbamates (subject to hydrolysis) is 1. The SMILES string of the molecule is CC(NC(=O)OCc1ccccc1)C(=O)ON1CCCC1. The molecular weight excluding hydrogens is 272 g/mol. The van der Waals surface area contributed by atoms with Gasteiger partial charge in [0.15, 0.2) is 0 Å². The molecule has 1 aliphatic heterocycles. The molecule has 114 valence electrons. The number of rotatable bonds is 5. The number of nitrogens with zero attached hydrogens (tertiary/aromatic N) is 1. The molecule has 1 unspecified atom stereocenters. The molecule has 1 fully saturated rings. The van der Waals surface area contributed by atoms with Crippen LogP contribution in [-0.4, -0.2) is 36.3 Å². The molecular formula is C15H20N2O4. The Morgan fingerprint density at radius 1 is 1.24 bits per heavy atom. The first-order valence-electron chi connectivity index (χ1n) is 7.09. The van der Waals surface area contributed by atoms with Crippen LogP contribution in [-0.2, 0) is 21.0 Å². The summed E-state index contributed by atoms with van der Waals surface area (Å²) in [5.74, 6) is -0.478. The second-order valence-electron chi connectivity index (χ2n) is 4.97. The van der Waals surface area contributed by atoms with Crippen LogP contribution in [0.2, 0.25) is 0 Å². The van der Waals surface area contributed by atoms with Crippen molar-refractivity contribution in [3.05, 3.63) is 35.9 Å². The highest BCUT2D eigenvalue weighted by atomic mass is 16.7. The third-order valence-corrected chi connectivity index (χ3v) is 3.18. The van der Waals surface area contributed by atoms with E-state index in [9.17, 15) is 9.59 Å². The topological polar surface area (TPSA) is 67.9 Å². The van der Waals surface area contributed by atoms with Gasteiger partial charge in [-0.15, -0.1) is 5.06 Å². The molecule has 1 aromatic carbocycles. The highest BCUT2D eigenvalue weighted by Crippen LogP contribution is 2.08.